The molecule has 70 valence electrons. The Balaban J connectivity index is 2.39. The Morgan fingerprint density at radius 1 is 1.46 bits per heavy atom. The molecule has 0 aromatic heterocycles. The number of thiol groups is 1. The van der Waals surface area contributed by atoms with Gasteiger partial charge in [-0.2, -0.15) is 12.6 Å². The van der Waals surface area contributed by atoms with Crippen molar-refractivity contribution >= 4 is 18.6 Å². The van der Waals surface area contributed by atoms with Gasteiger partial charge in [-0.1, -0.05) is 18.2 Å². The molecule has 0 aliphatic rings. The number of aliphatic carboxylic acids is 1. The highest BCUT2D eigenvalue weighted by molar-refractivity contribution is 7.81. The first-order chi connectivity index (χ1) is 6.20. The van der Waals surface area contributed by atoms with E-state index in [1.807, 2.05) is 18.2 Å². The minimum Gasteiger partial charge on any atom is -0.492 e. The molecule has 1 aromatic rings. The van der Waals surface area contributed by atoms with Gasteiger partial charge in [0.15, 0.2) is 0 Å². The number of hydrogen-bond acceptors (Lipinski definition) is 3. The quantitative estimate of drug-likeness (QED) is 0.720. The molecule has 0 heterocycles. The molecule has 0 saturated carbocycles. The van der Waals surface area contributed by atoms with Crippen molar-refractivity contribution in [2.24, 2.45) is 0 Å². The Morgan fingerprint density at radius 2 is 2.08 bits per heavy atom. The molecule has 1 unspecified atom stereocenters. The van der Waals surface area contributed by atoms with E-state index in [-0.39, 0.29) is 6.61 Å². The zero-order valence-corrected chi connectivity index (χ0v) is 7.78. The fraction of sp³-hybridized carbons (Fsp3) is 0.222. The molecule has 0 bridgehead atoms. The molecule has 1 atom stereocenters. The fourth-order valence-corrected chi connectivity index (χ4v) is 0.838. The molecule has 0 fully saturated rings. The molecule has 0 radical (unpaired) electrons. The normalized spacial score (nSPS) is 12.1. The molecule has 1 N–H and O–H groups in total. The largest absolute Gasteiger partial charge is 0.492 e. The highest BCUT2D eigenvalue weighted by Crippen LogP contribution is 2.09. The first kappa shape index (κ1) is 9.92. The van der Waals surface area contributed by atoms with Crippen LogP contribution in [0.3, 0.4) is 0 Å². The van der Waals surface area contributed by atoms with E-state index in [9.17, 15) is 4.79 Å². The summed E-state index contributed by atoms with van der Waals surface area (Å²) in [5.74, 6) is -0.318. The zero-order valence-electron chi connectivity index (χ0n) is 6.88. The van der Waals surface area contributed by atoms with Crippen molar-refractivity contribution in [3.63, 3.8) is 0 Å². The summed E-state index contributed by atoms with van der Waals surface area (Å²) < 4.78 is 5.17. The lowest BCUT2D eigenvalue weighted by atomic mass is 10.3. The van der Waals surface area contributed by atoms with Crippen molar-refractivity contribution < 1.29 is 14.6 Å². The van der Waals surface area contributed by atoms with Crippen LogP contribution in [0.15, 0.2) is 30.3 Å². The second-order valence-corrected chi connectivity index (χ2v) is 3.10. The number of ether oxygens (including phenoxy) is 1. The van der Waals surface area contributed by atoms with Crippen molar-refractivity contribution in [2.45, 2.75) is 5.25 Å². The van der Waals surface area contributed by atoms with Gasteiger partial charge in [-0.25, -0.2) is 0 Å². The number of carboxylic acid groups (broad SMARTS) is 1. The van der Waals surface area contributed by atoms with Crippen LogP contribution in [0.4, 0.5) is 0 Å². The number of para-hydroxylation sites is 1. The minimum absolute atomic E-state index is 0.0719. The van der Waals surface area contributed by atoms with Crippen molar-refractivity contribution in [3.05, 3.63) is 30.3 Å². The number of carboxylic acids is 1. The summed E-state index contributed by atoms with van der Waals surface area (Å²) in [5.41, 5.74) is 0. The monoisotopic (exact) mass is 198 g/mol. The van der Waals surface area contributed by atoms with Crippen molar-refractivity contribution in [1.82, 2.24) is 0 Å². The standard InChI is InChI=1S/C9H10O3S/c10-9(11)8(13)6-12-7-4-2-1-3-5-7/h1-5,8,13H,6H2,(H,10,11). The Kier molecular flexibility index (Phi) is 3.64. The summed E-state index contributed by atoms with van der Waals surface area (Å²) in [6.45, 7) is 0.0719. The molecule has 1 aromatic carbocycles. The summed E-state index contributed by atoms with van der Waals surface area (Å²) >= 11 is 3.83. The molecule has 0 amide bonds. The van der Waals surface area contributed by atoms with Gasteiger partial charge in [0.25, 0.3) is 0 Å². The third kappa shape index (κ3) is 3.38. The van der Waals surface area contributed by atoms with Gasteiger partial charge in [0.1, 0.15) is 17.6 Å². The zero-order chi connectivity index (χ0) is 9.68. The minimum atomic E-state index is -0.973. The van der Waals surface area contributed by atoms with E-state index in [1.165, 1.54) is 0 Å². The number of hydrogen-bond donors (Lipinski definition) is 2. The molecule has 4 heteroatoms. The van der Waals surface area contributed by atoms with E-state index < -0.39 is 11.2 Å². The van der Waals surface area contributed by atoms with Crippen LogP contribution in [-0.2, 0) is 4.79 Å². The maximum absolute atomic E-state index is 10.4. The van der Waals surface area contributed by atoms with Crippen LogP contribution >= 0.6 is 12.6 Å². The van der Waals surface area contributed by atoms with E-state index in [1.54, 1.807) is 12.1 Å². The van der Waals surface area contributed by atoms with Crippen LogP contribution in [0.5, 0.6) is 5.75 Å². The number of rotatable bonds is 4. The van der Waals surface area contributed by atoms with Gasteiger partial charge in [-0.3, -0.25) is 4.79 Å². The molecule has 0 aliphatic carbocycles. The Morgan fingerprint density at radius 3 is 2.62 bits per heavy atom. The summed E-state index contributed by atoms with van der Waals surface area (Å²) in [5, 5.41) is 7.73. The first-order valence-electron chi connectivity index (χ1n) is 3.79. The SMILES string of the molecule is O=C(O)C(S)COc1ccccc1. The van der Waals surface area contributed by atoms with Crippen LogP contribution in [0, 0.1) is 0 Å². The van der Waals surface area contributed by atoms with Crippen LogP contribution in [0.2, 0.25) is 0 Å². The van der Waals surface area contributed by atoms with Crippen molar-refractivity contribution in [3.8, 4) is 5.75 Å². The molecular formula is C9H10O3S. The van der Waals surface area contributed by atoms with Crippen LogP contribution in [-0.4, -0.2) is 22.9 Å². The summed E-state index contributed by atoms with van der Waals surface area (Å²) in [6.07, 6.45) is 0. The second kappa shape index (κ2) is 4.77. The predicted octanol–water partition coefficient (Wildman–Crippen LogP) is 1.45. The second-order valence-electron chi connectivity index (χ2n) is 2.48. The van der Waals surface area contributed by atoms with Gasteiger partial charge in [0.05, 0.1) is 0 Å². The lowest BCUT2D eigenvalue weighted by Crippen LogP contribution is -2.21. The lowest BCUT2D eigenvalue weighted by molar-refractivity contribution is -0.136. The van der Waals surface area contributed by atoms with Gasteiger partial charge < -0.3 is 9.84 Å². The topological polar surface area (TPSA) is 46.5 Å². The van der Waals surface area contributed by atoms with Gasteiger partial charge >= 0.3 is 5.97 Å². The van der Waals surface area contributed by atoms with Gasteiger partial charge in [0.2, 0.25) is 0 Å². The molecule has 13 heavy (non-hydrogen) atoms. The average Bonchev–Trinajstić information content (AvgIpc) is 2.15. The summed E-state index contributed by atoms with van der Waals surface area (Å²) in [4.78, 5) is 10.4. The molecular weight excluding hydrogens is 188 g/mol. The number of benzene rings is 1. The highest BCUT2D eigenvalue weighted by Gasteiger charge is 2.11. The summed E-state index contributed by atoms with van der Waals surface area (Å²) in [7, 11) is 0. The smallest absolute Gasteiger partial charge is 0.319 e. The van der Waals surface area contributed by atoms with Gasteiger partial charge in [-0.15, -0.1) is 0 Å². The van der Waals surface area contributed by atoms with E-state index >= 15 is 0 Å². The van der Waals surface area contributed by atoms with Crippen LogP contribution in [0.1, 0.15) is 0 Å². The van der Waals surface area contributed by atoms with E-state index in [0.717, 1.165) is 0 Å². The van der Waals surface area contributed by atoms with Crippen molar-refractivity contribution in [1.29, 1.82) is 0 Å². The van der Waals surface area contributed by atoms with E-state index in [4.69, 9.17) is 9.84 Å². The van der Waals surface area contributed by atoms with Crippen molar-refractivity contribution in [2.75, 3.05) is 6.61 Å². The van der Waals surface area contributed by atoms with Gasteiger partial charge in [-0.05, 0) is 12.1 Å². The molecule has 0 saturated heterocycles. The Hall–Kier alpha value is -1.16. The summed E-state index contributed by atoms with van der Waals surface area (Å²) in [6, 6.07) is 9.04. The Labute approximate surface area is 81.8 Å². The van der Waals surface area contributed by atoms with E-state index in [0.29, 0.717) is 5.75 Å². The average molecular weight is 198 g/mol. The maximum atomic E-state index is 10.4. The molecule has 1 rings (SSSR count). The molecule has 3 nitrogen and oxygen atoms in total. The molecule has 0 aliphatic heterocycles. The maximum Gasteiger partial charge on any atom is 0.319 e. The third-order valence-corrected chi connectivity index (χ3v) is 1.81. The van der Waals surface area contributed by atoms with Crippen LogP contribution in [0.25, 0.3) is 0 Å². The predicted molar refractivity (Wildman–Crippen MR) is 52.3 cm³/mol. The molecule has 0 spiro atoms. The third-order valence-electron chi connectivity index (χ3n) is 1.44. The number of carbonyl (C=O) groups is 1. The fourth-order valence-electron chi connectivity index (χ4n) is 0.763. The Bertz CT molecular complexity index is 273. The highest BCUT2D eigenvalue weighted by atomic mass is 32.1. The first-order valence-corrected chi connectivity index (χ1v) is 4.30. The van der Waals surface area contributed by atoms with E-state index in [2.05, 4.69) is 12.6 Å². The lowest BCUT2D eigenvalue weighted by Gasteiger charge is -2.07. The van der Waals surface area contributed by atoms with Crippen LogP contribution < -0.4 is 4.74 Å². The van der Waals surface area contributed by atoms with Gasteiger partial charge in [0, 0.05) is 0 Å².